The van der Waals surface area contributed by atoms with Crippen LogP contribution in [0.15, 0.2) is 66.9 Å². The molecule has 1 aromatic heterocycles. The third kappa shape index (κ3) is 8.21. The van der Waals surface area contributed by atoms with Crippen LogP contribution in [0.3, 0.4) is 0 Å². The van der Waals surface area contributed by atoms with Gasteiger partial charge in [0, 0.05) is 44.5 Å². The van der Waals surface area contributed by atoms with Gasteiger partial charge < -0.3 is 39.2 Å². The van der Waals surface area contributed by atoms with Crippen molar-refractivity contribution in [1.82, 2.24) is 20.5 Å². The van der Waals surface area contributed by atoms with Crippen molar-refractivity contribution in [3.05, 3.63) is 78.1 Å². The number of carbonyl (C=O) groups is 3. The van der Waals surface area contributed by atoms with Crippen molar-refractivity contribution in [2.45, 2.75) is 18.1 Å². The van der Waals surface area contributed by atoms with Gasteiger partial charge in [0.25, 0.3) is 11.8 Å². The normalized spacial score (nSPS) is 18.5. The second kappa shape index (κ2) is 15.2. The number of aromatic nitrogens is 1. The minimum absolute atomic E-state index is 0.0804. The molecule has 6 rings (SSSR count). The number of nitrogens with one attached hydrogen (secondary N) is 2. The number of nitrogens with zero attached hydrogens (tertiary/aromatic N) is 3. The van der Waals surface area contributed by atoms with Crippen LogP contribution in [0.5, 0.6) is 17.2 Å². The number of hydrogen-bond acceptors (Lipinski definition) is 10. The van der Waals surface area contributed by atoms with Crippen LogP contribution in [0.2, 0.25) is 0 Å². The predicted molar refractivity (Wildman–Crippen MR) is 174 cm³/mol. The Balaban J connectivity index is 1.05. The second-order valence-electron chi connectivity index (χ2n) is 11.6. The fourth-order valence-corrected chi connectivity index (χ4v) is 5.30. The van der Waals surface area contributed by atoms with Crippen LogP contribution in [0.4, 0.5) is 10.5 Å². The zero-order chi connectivity index (χ0) is 33.3. The van der Waals surface area contributed by atoms with Gasteiger partial charge in [-0.15, -0.1) is 0 Å². The van der Waals surface area contributed by atoms with E-state index in [1.807, 2.05) is 18.2 Å². The molecule has 0 radical (unpaired) electrons. The van der Waals surface area contributed by atoms with Gasteiger partial charge in [-0.1, -0.05) is 24.1 Å². The largest absolute Gasteiger partial charge is 0.489 e. The molecule has 250 valence electrons. The molecule has 1 atom stereocenters. The Bertz CT molecular complexity index is 1680. The lowest BCUT2D eigenvalue weighted by Crippen LogP contribution is -2.53. The standard InChI is InChI=1S/C35H37N5O8/c1-39-30-20-25(10-12-35(23-45-24-35)48-34(43)37-13-5-15-40-16-18-44-19-17-40)8-9-31(30)46-22-29(33(39)42)38-32(41)28-21-27(11-14-36-28)47-26-6-3-2-4-7-26/h2-4,6-9,11,14,20-21,29H,5,13,15-19,22-24H2,1H3,(H,37,43)(H,38,41)/t29-/m1/s1. The zero-order valence-electron chi connectivity index (χ0n) is 26.6. The smallest absolute Gasteiger partial charge is 0.408 e. The van der Waals surface area contributed by atoms with E-state index in [-0.39, 0.29) is 31.4 Å². The molecule has 2 N–H and O–H groups in total. The minimum atomic E-state index is -1.06. The number of para-hydroxylation sites is 1. The van der Waals surface area contributed by atoms with Crippen molar-refractivity contribution in [2.75, 3.05) is 71.2 Å². The third-order valence-corrected chi connectivity index (χ3v) is 8.02. The molecular formula is C35H37N5O8. The zero-order valence-corrected chi connectivity index (χ0v) is 26.6. The lowest BCUT2D eigenvalue weighted by Gasteiger charge is -2.35. The summed E-state index contributed by atoms with van der Waals surface area (Å²) in [4.78, 5) is 46.9. The first-order chi connectivity index (χ1) is 23.4. The summed E-state index contributed by atoms with van der Waals surface area (Å²) in [5, 5.41) is 5.53. The average Bonchev–Trinajstić information content (AvgIpc) is 3.20. The first-order valence-electron chi connectivity index (χ1n) is 15.8. The third-order valence-electron chi connectivity index (χ3n) is 8.02. The maximum Gasteiger partial charge on any atom is 0.408 e. The van der Waals surface area contributed by atoms with Gasteiger partial charge in [0.15, 0.2) is 0 Å². The maximum atomic E-state index is 13.4. The van der Waals surface area contributed by atoms with Gasteiger partial charge >= 0.3 is 6.09 Å². The van der Waals surface area contributed by atoms with Crippen LogP contribution < -0.4 is 25.0 Å². The quantitative estimate of drug-likeness (QED) is 0.261. The molecule has 0 unspecified atom stereocenters. The summed E-state index contributed by atoms with van der Waals surface area (Å²) in [7, 11) is 1.60. The van der Waals surface area contributed by atoms with Gasteiger partial charge in [0.05, 0.1) is 18.9 Å². The number of hydrogen-bond donors (Lipinski definition) is 2. The van der Waals surface area contributed by atoms with Crippen molar-refractivity contribution in [1.29, 1.82) is 0 Å². The number of likely N-dealkylation sites (N-methyl/N-ethyl adjacent to an activating group) is 1. The molecule has 48 heavy (non-hydrogen) atoms. The van der Waals surface area contributed by atoms with Crippen LogP contribution in [0.25, 0.3) is 0 Å². The molecule has 3 aliphatic heterocycles. The molecule has 0 spiro atoms. The lowest BCUT2D eigenvalue weighted by atomic mass is 10.0. The number of ether oxygens (including phenoxy) is 5. The first-order valence-corrected chi connectivity index (χ1v) is 15.8. The molecule has 3 aliphatic rings. The molecule has 0 bridgehead atoms. The monoisotopic (exact) mass is 655 g/mol. The number of fused-ring (bicyclic) bond motifs is 1. The van der Waals surface area contributed by atoms with Crippen LogP contribution in [0.1, 0.15) is 22.5 Å². The number of carbonyl (C=O) groups excluding carboxylic acids is 3. The molecule has 13 nitrogen and oxygen atoms in total. The van der Waals surface area contributed by atoms with Crippen molar-refractivity contribution in [3.63, 3.8) is 0 Å². The van der Waals surface area contributed by atoms with Crippen molar-refractivity contribution < 1.29 is 38.1 Å². The molecule has 13 heteroatoms. The van der Waals surface area contributed by atoms with E-state index in [0.717, 1.165) is 39.3 Å². The number of morpholine rings is 1. The van der Waals surface area contributed by atoms with Crippen LogP contribution in [0, 0.1) is 11.8 Å². The molecule has 3 amide bonds. The highest BCUT2D eigenvalue weighted by atomic mass is 16.6. The Morgan fingerprint density at radius 2 is 1.85 bits per heavy atom. The molecular weight excluding hydrogens is 618 g/mol. The Labute approximate surface area is 278 Å². The van der Waals surface area contributed by atoms with Gasteiger partial charge in [-0.05, 0) is 55.3 Å². The van der Waals surface area contributed by atoms with Crippen LogP contribution in [-0.4, -0.2) is 106 Å². The number of amides is 3. The Hall–Kier alpha value is -5.16. The molecule has 2 aromatic carbocycles. The SMILES string of the molecule is CN1C(=O)[C@H](NC(=O)c2cc(Oc3ccccc3)ccn2)COc2ccc(C#CC3(OC(=O)NCCCN4CCOCC4)COC3)cc21. The summed E-state index contributed by atoms with van der Waals surface area (Å²) in [6.07, 6.45) is 1.72. The molecule has 0 saturated carbocycles. The van der Waals surface area contributed by atoms with Gasteiger partial charge in [-0.25, -0.2) is 4.79 Å². The van der Waals surface area contributed by atoms with E-state index in [2.05, 4.69) is 32.4 Å². The van der Waals surface area contributed by atoms with E-state index in [1.165, 1.54) is 17.2 Å². The van der Waals surface area contributed by atoms with Gasteiger partial charge in [-0.3, -0.25) is 19.5 Å². The fourth-order valence-electron chi connectivity index (χ4n) is 5.30. The van der Waals surface area contributed by atoms with Gasteiger partial charge in [0.2, 0.25) is 5.60 Å². The minimum Gasteiger partial charge on any atom is -0.489 e. The molecule has 3 aromatic rings. The summed E-state index contributed by atoms with van der Waals surface area (Å²) in [6.45, 7) is 4.86. The topological polar surface area (TPSA) is 141 Å². The summed E-state index contributed by atoms with van der Waals surface area (Å²) in [6, 6.07) is 16.5. The van der Waals surface area contributed by atoms with E-state index in [1.54, 1.807) is 43.4 Å². The Kier molecular flexibility index (Phi) is 10.4. The van der Waals surface area contributed by atoms with Crippen molar-refractivity contribution >= 4 is 23.6 Å². The predicted octanol–water partition coefficient (Wildman–Crippen LogP) is 2.60. The van der Waals surface area contributed by atoms with Gasteiger partial charge in [0.1, 0.15) is 48.8 Å². The first kappa shape index (κ1) is 32.8. The molecule has 2 saturated heterocycles. The maximum absolute atomic E-state index is 13.4. The summed E-state index contributed by atoms with van der Waals surface area (Å²) < 4.78 is 28.1. The lowest BCUT2D eigenvalue weighted by molar-refractivity contribution is -0.142. The van der Waals surface area contributed by atoms with E-state index >= 15 is 0 Å². The second-order valence-corrected chi connectivity index (χ2v) is 11.6. The van der Waals surface area contributed by atoms with Gasteiger partial charge in [-0.2, -0.15) is 0 Å². The highest BCUT2D eigenvalue weighted by Crippen LogP contribution is 2.32. The summed E-state index contributed by atoms with van der Waals surface area (Å²) >= 11 is 0. The highest BCUT2D eigenvalue weighted by molar-refractivity contribution is 6.03. The van der Waals surface area contributed by atoms with E-state index in [4.69, 9.17) is 23.7 Å². The number of benzene rings is 2. The number of alkyl carbamates (subject to hydrolysis) is 1. The Morgan fingerprint density at radius 3 is 2.62 bits per heavy atom. The average molecular weight is 656 g/mol. The van der Waals surface area contributed by atoms with E-state index in [0.29, 0.717) is 35.0 Å². The number of pyridine rings is 1. The van der Waals surface area contributed by atoms with E-state index < -0.39 is 23.6 Å². The highest BCUT2D eigenvalue weighted by Gasteiger charge is 2.41. The van der Waals surface area contributed by atoms with E-state index in [9.17, 15) is 14.4 Å². The summed E-state index contributed by atoms with van der Waals surface area (Å²) in [5.41, 5.74) is 0.0973. The molecule has 2 fully saturated rings. The van der Waals surface area contributed by atoms with Crippen LogP contribution >= 0.6 is 0 Å². The summed E-state index contributed by atoms with van der Waals surface area (Å²) in [5.74, 6) is 6.69. The number of rotatable bonds is 9. The van der Waals surface area contributed by atoms with Crippen molar-refractivity contribution in [3.8, 4) is 29.1 Å². The molecule has 0 aliphatic carbocycles. The molecule has 4 heterocycles. The van der Waals surface area contributed by atoms with Crippen LogP contribution in [-0.2, 0) is 19.0 Å². The van der Waals surface area contributed by atoms with Crippen molar-refractivity contribution in [2.24, 2.45) is 0 Å². The number of anilines is 1. The Morgan fingerprint density at radius 1 is 1.04 bits per heavy atom. The fraction of sp³-hybridized carbons (Fsp3) is 0.371.